The molecule has 0 radical (unpaired) electrons. The first-order valence-corrected chi connectivity index (χ1v) is 7.20. The zero-order valence-corrected chi connectivity index (χ0v) is 13.2. The maximum absolute atomic E-state index is 5.07. The van der Waals surface area contributed by atoms with E-state index in [1.54, 1.807) is 14.2 Å². The SMILES string of the molecule is COCCNCCCc1c(C)nc(CCOC)nc1C. The Balaban J connectivity index is 2.45. The van der Waals surface area contributed by atoms with Gasteiger partial charge in [0, 0.05) is 38.6 Å². The molecule has 0 spiro atoms. The van der Waals surface area contributed by atoms with Crippen LogP contribution in [0, 0.1) is 13.8 Å². The van der Waals surface area contributed by atoms with E-state index in [1.165, 1.54) is 5.56 Å². The summed E-state index contributed by atoms with van der Waals surface area (Å²) in [5.74, 6) is 0.879. The summed E-state index contributed by atoms with van der Waals surface area (Å²) in [6, 6.07) is 0. The molecule has 0 aliphatic rings. The van der Waals surface area contributed by atoms with E-state index >= 15 is 0 Å². The highest BCUT2D eigenvalue weighted by Gasteiger charge is 2.08. The van der Waals surface area contributed by atoms with Crippen LogP contribution in [-0.4, -0.2) is 50.5 Å². The number of ether oxygens (including phenoxy) is 2. The van der Waals surface area contributed by atoms with Gasteiger partial charge in [0.2, 0.25) is 0 Å². The van der Waals surface area contributed by atoms with Crippen molar-refractivity contribution in [3.8, 4) is 0 Å². The van der Waals surface area contributed by atoms with Crippen molar-refractivity contribution < 1.29 is 9.47 Å². The number of methoxy groups -OCH3 is 2. The lowest BCUT2D eigenvalue weighted by Crippen LogP contribution is -2.21. The molecule has 5 heteroatoms. The van der Waals surface area contributed by atoms with Gasteiger partial charge >= 0.3 is 0 Å². The van der Waals surface area contributed by atoms with Crippen LogP contribution >= 0.6 is 0 Å². The number of nitrogens with zero attached hydrogens (tertiary/aromatic N) is 2. The topological polar surface area (TPSA) is 56.3 Å². The van der Waals surface area contributed by atoms with Gasteiger partial charge in [-0.15, -0.1) is 0 Å². The summed E-state index contributed by atoms with van der Waals surface area (Å²) in [4.78, 5) is 9.14. The molecule has 0 fully saturated rings. The van der Waals surface area contributed by atoms with E-state index in [0.717, 1.165) is 56.2 Å². The van der Waals surface area contributed by atoms with Crippen LogP contribution in [0.15, 0.2) is 0 Å². The third-order valence-corrected chi connectivity index (χ3v) is 3.26. The summed E-state index contributed by atoms with van der Waals surface area (Å²) in [5.41, 5.74) is 3.47. The molecule has 0 saturated carbocycles. The van der Waals surface area contributed by atoms with Gasteiger partial charge in [-0.2, -0.15) is 0 Å². The van der Waals surface area contributed by atoms with E-state index < -0.39 is 0 Å². The minimum atomic E-state index is 0.668. The molecule has 0 unspecified atom stereocenters. The summed E-state index contributed by atoms with van der Waals surface area (Å²) >= 11 is 0. The summed E-state index contributed by atoms with van der Waals surface area (Å²) in [5, 5.41) is 3.35. The quantitative estimate of drug-likeness (QED) is 0.658. The Bertz CT molecular complexity index is 374. The van der Waals surface area contributed by atoms with Gasteiger partial charge in [0.05, 0.1) is 13.2 Å². The Kier molecular flexibility index (Phi) is 8.34. The van der Waals surface area contributed by atoms with Crippen LogP contribution in [0.2, 0.25) is 0 Å². The summed E-state index contributed by atoms with van der Waals surface area (Å²) in [6.45, 7) is 7.46. The minimum Gasteiger partial charge on any atom is -0.384 e. The molecule has 0 amide bonds. The molecule has 114 valence electrons. The molecule has 0 bridgehead atoms. The van der Waals surface area contributed by atoms with Crippen LogP contribution in [0.4, 0.5) is 0 Å². The van der Waals surface area contributed by atoms with E-state index in [1.807, 2.05) is 0 Å². The van der Waals surface area contributed by atoms with Gasteiger partial charge < -0.3 is 14.8 Å². The molecular formula is C15H27N3O2. The summed E-state index contributed by atoms with van der Waals surface area (Å²) in [7, 11) is 3.42. The Hall–Kier alpha value is -1.04. The number of hydrogen-bond donors (Lipinski definition) is 1. The normalized spacial score (nSPS) is 11.0. The lowest BCUT2D eigenvalue weighted by atomic mass is 10.1. The van der Waals surface area contributed by atoms with Crippen molar-refractivity contribution in [2.24, 2.45) is 0 Å². The van der Waals surface area contributed by atoms with Gasteiger partial charge in [0.15, 0.2) is 0 Å². The van der Waals surface area contributed by atoms with Gasteiger partial charge in [-0.3, -0.25) is 0 Å². The fraction of sp³-hybridized carbons (Fsp3) is 0.733. The van der Waals surface area contributed by atoms with E-state index in [4.69, 9.17) is 9.47 Å². The second kappa shape index (κ2) is 9.80. The molecule has 20 heavy (non-hydrogen) atoms. The predicted octanol–water partition coefficient (Wildman–Crippen LogP) is 1.45. The minimum absolute atomic E-state index is 0.668. The van der Waals surface area contributed by atoms with E-state index in [2.05, 4.69) is 29.1 Å². The Morgan fingerprint density at radius 2 is 1.55 bits per heavy atom. The van der Waals surface area contributed by atoms with E-state index in [0.29, 0.717) is 6.61 Å². The molecule has 1 aromatic rings. The molecule has 0 atom stereocenters. The van der Waals surface area contributed by atoms with Gasteiger partial charge in [0.1, 0.15) is 5.82 Å². The average molecular weight is 281 g/mol. The Morgan fingerprint density at radius 1 is 0.900 bits per heavy atom. The molecule has 1 rings (SSSR count). The molecule has 1 N–H and O–H groups in total. The van der Waals surface area contributed by atoms with Crippen LogP contribution in [0.25, 0.3) is 0 Å². The highest BCUT2D eigenvalue weighted by Crippen LogP contribution is 2.12. The van der Waals surface area contributed by atoms with Crippen molar-refractivity contribution in [2.75, 3.05) is 40.5 Å². The zero-order valence-electron chi connectivity index (χ0n) is 13.2. The van der Waals surface area contributed by atoms with Gasteiger partial charge in [-0.1, -0.05) is 0 Å². The van der Waals surface area contributed by atoms with Gasteiger partial charge in [-0.25, -0.2) is 9.97 Å². The van der Waals surface area contributed by atoms with Crippen LogP contribution < -0.4 is 5.32 Å². The molecular weight excluding hydrogens is 254 g/mol. The number of aromatic nitrogens is 2. The summed E-state index contributed by atoms with van der Waals surface area (Å²) in [6.07, 6.45) is 2.88. The van der Waals surface area contributed by atoms with E-state index in [-0.39, 0.29) is 0 Å². The molecule has 0 aliphatic carbocycles. The first-order valence-electron chi connectivity index (χ1n) is 7.20. The lowest BCUT2D eigenvalue weighted by molar-refractivity contribution is 0.199. The molecule has 1 heterocycles. The van der Waals surface area contributed by atoms with Crippen molar-refractivity contribution in [2.45, 2.75) is 33.1 Å². The maximum atomic E-state index is 5.07. The molecule has 0 aliphatic heterocycles. The molecule has 0 aromatic carbocycles. The number of nitrogens with one attached hydrogen (secondary N) is 1. The average Bonchev–Trinajstić information content (AvgIpc) is 2.42. The smallest absolute Gasteiger partial charge is 0.131 e. The first kappa shape index (κ1) is 17.0. The predicted molar refractivity (Wildman–Crippen MR) is 80.2 cm³/mol. The van der Waals surface area contributed by atoms with Crippen LogP contribution in [0.1, 0.15) is 29.2 Å². The Morgan fingerprint density at radius 3 is 2.15 bits per heavy atom. The number of rotatable bonds is 10. The number of hydrogen-bond acceptors (Lipinski definition) is 5. The van der Waals surface area contributed by atoms with Crippen molar-refractivity contribution >= 4 is 0 Å². The maximum Gasteiger partial charge on any atom is 0.131 e. The third kappa shape index (κ3) is 5.94. The van der Waals surface area contributed by atoms with Crippen molar-refractivity contribution in [3.63, 3.8) is 0 Å². The van der Waals surface area contributed by atoms with Gasteiger partial charge in [0.25, 0.3) is 0 Å². The van der Waals surface area contributed by atoms with Crippen LogP contribution in [0.3, 0.4) is 0 Å². The zero-order chi connectivity index (χ0) is 14.8. The van der Waals surface area contributed by atoms with Crippen molar-refractivity contribution in [1.82, 2.24) is 15.3 Å². The van der Waals surface area contributed by atoms with Crippen molar-refractivity contribution in [1.29, 1.82) is 0 Å². The lowest BCUT2D eigenvalue weighted by Gasteiger charge is -2.11. The highest BCUT2D eigenvalue weighted by atomic mass is 16.5. The fourth-order valence-corrected chi connectivity index (χ4v) is 2.17. The number of aryl methyl sites for hydroxylation is 2. The van der Waals surface area contributed by atoms with Crippen LogP contribution in [-0.2, 0) is 22.3 Å². The second-order valence-electron chi connectivity index (χ2n) is 4.88. The fourth-order valence-electron chi connectivity index (χ4n) is 2.17. The summed E-state index contributed by atoms with van der Waals surface area (Å²) < 4.78 is 10.1. The third-order valence-electron chi connectivity index (χ3n) is 3.26. The molecule has 0 saturated heterocycles. The van der Waals surface area contributed by atoms with Gasteiger partial charge in [-0.05, 0) is 38.8 Å². The Labute approximate surface area is 122 Å². The van der Waals surface area contributed by atoms with Crippen molar-refractivity contribution in [3.05, 3.63) is 22.8 Å². The first-order chi connectivity index (χ1) is 9.69. The molecule has 5 nitrogen and oxygen atoms in total. The standard InChI is InChI=1S/C15H27N3O2/c1-12-14(6-5-8-16-9-11-20-4)13(2)18-15(17-12)7-10-19-3/h16H,5-11H2,1-4H3. The molecule has 1 aromatic heterocycles. The highest BCUT2D eigenvalue weighted by molar-refractivity contribution is 5.24. The monoisotopic (exact) mass is 281 g/mol. The largest absolute Gasteiger partial charge is 0.384 e. The van der Waals surface area contributed by atoms with E-state index in [9.17, 15) is 0 Å². The second-order valence-corrected chi connectivity index (χ2v) is 4.88. The van der Waals surface area contributed by atoms with Crippen LogP contribution in [0.5, 0.6) is 0 Å².